The van der Waals surface area contributed by atoms with Gasteiger partial charge >= 0.3 is 6.18 Å². The van der Waals surface area contributed by atoms with Gasteiger partial charge in [-0.05, 0) is 42.8 Å². The van der Waals surface area contributed by atoms with Crippen LogP contribution in [0.5, 0.6) is 0 Å². The van der Waals surface area contributed by atoms with Crippen molar-refractivity contribution in [3.05, 3.63) is 60.4 Å². The highest BCUT2D eigenvalue weighted by Crippen LogP contribution is 2.42. The van der Waals surface area contributed by atoms with Crippen LogP contribution in [0.2, 0.25) is 0 Å². The first-order valence-electron chi connectivity index (χ1n) is 9.11. The van der Waals surface area contributed by atoms with Crippen molar-refractivity contribution in [3.63, 3.8) is 0 Å². The van der Waals surface area contributed by atoms with Crippen molar-refractivity contribution in [2.75, 3.05) is 0 Å². The van der Waals surface area contributed by atoms with Crippen molar-refractivity contribution in [2.45, 2.75) is 31.9 Å². The summed E-state index contributed by atoms with van der Waals surface area (Å²) in [5.41, 5.74) is 1.00. The van der Waals surface area contributed by atoms with Gasteiger partial charge in [0.2, 0.25) is 0 Å². The van der Waals surface area contributed by atoms with Crippen LogP contribution in [0.4, 0.5) is 17.6 Å². The lowest BCUT2D eigenvalue weighted by atomic mass is 9.99. The maximum Gasteiger partial charge on any atom is 0.419 e. The fraction of sp³-hybridized carbons (Fsp3) is 0.250. The summed E-state index contributed by atoms with van der Waals surface area (Å²) >= 11 is 0. The Bertz CT molecular complexity index is 1240. The average molecular weight is 417 g/mol. The molecule has 5 rings (SSSR count). The minimum atomic E-state index is -4.55. The van der Waals surface area contributed by atoms with E-state index < -0.39 is 24.1 Å². The molecule has 0 amide bonds. The van der Waals surface area contributed by atoms with Gasteiger partial charge in [0.15, 0.2) is 5.60 Å². The fourth-order valence-corrected chi connectivity index (χ4v) is 3.58. The summed E-state index contributed by atoms with van der Waals surface area (Å²) in [5.74, 6) is -0.516. The van der Waals surface area contributed by atoms with Crippen LogP contribution in [0.1, 0.15) is 12.6 Å². The third-order valence-electron chi connectivity index (χ3n) is 5.29. The van der Waals surface area contributed by atoms with Crippen molar-refractivity contribution in [3.8, 4) is 22.5 Å². The highest BCUT2D eigenvalue weighted by atomic mass is 19.4. The van der Waals surface area contributed by atoms with Gasteiger partial charge in [-0.2, -0.15) is 23.4 Å². The topological polar surface area (TPSA) is 57.2 Å². The second kappa shape index (κ2) is 6.36. The Balaban J connectivity index is 1.71. The van der Waals surface area contributed by atoms with Crippen LogP contribution < -0.4 is 0 Å². The maximum atomic E-state index is 13.5. The van der Waals surface area contributed by atoms with Gasteiger partial charge in [0.05, 0.1) is 36.3 Å². The van der Waals surface area contributed by atoms with Gasteiger partial charge in [-0.3, -0.25) is 9.67 Å². The first kappa shape index (κ1) is 18.7. The third kappa shape index (κ3) is 2.86. The SMILES string of the molecule is C[C@]1(C(F)(F)F)Cn2nc(-c3ccc(F)cn3)c(-c3ccn4nccc4c3)c2CO1. The van der Waals surface area contributed by atoms with Crippen LogP contribution >= 0.6 is 0 Å². The summed E-state index contributed by atoms with van der Waals surface area (Å²) in [5, 5.41) is 8.59. The molecule has 0 aliphatic carbocycles. The van der Waals surface area contributed by atoms with E-state index in [0.29, 0.717) is 22.6 Å². The van der Waals surface area contributed by atoms with Gasteiger partial charge in [-0.15, -0.1) is 0 Å². The molecule has 0 fully saturated rings. The molecule has 0 spiro atoms. The van der Waals surface area contributed by atoms with Crippen molar-refractivity contribution in [2.24, 2.45) is 0 Å². The molecule has 4 aromatic heterocycles. The molecule has 10 heteroatoms. The Labute approximate surface area is 167 Å². The molecule has 0 aromatic carbocycles. The van der Waals surface area contributed by atoms with E-state index in [1.807, 2.05) is 12.1 Å². The molecular weight excluding hydrogens is 402 g/mol. The molecule has 0 N–H and O–H groups in total. The minimum absolute atomic E-state index is 0.274. The molecule has 0 radical (unpaired) electrons. The van der Waals surface area contributed by atoms with Crippen LogP contribution in [-0.4, -0.2) is 36.2 Å². The Morgan fingerprint density at radius 2 is 2.00 bits per heavy atom. The van der Waals surface area contributed by atoms with Crippen LogP contribution in [0.3, 0.4) is 0 Å². The minimum Gasteiger partial charge on any atom is -0.358 e. The summed E-state index contributed by atoms with van der Waals surface area (Å²) in [6, 6.07) is 8.15. The van der Waals surface area contributed by atoms with Crippen LogP contribution in [0, 0.1) is 5.82 Å². The first-order valence-corrected chi connectivity index (χ1v) is 9.11. The van der Waals surface area contributed by atoms with E-state index in [1.54, 1.807) is 23.0 Å². The van der Waals surface area contributed by atoms with Crippen molar-refractivity contribution >= 4 is 5.52 Å². The predicted octanol–water partition coefficient (Wildman–Crippen LogP) is 4.25. The monoisotopic (exact) mass is 417 g/mol. The number of nitrogens with zero attached hydrogens (tertiary/aromatic N) is 5. The Morgan fingerprint density at radius 3 is 2.73 bits per heavy atom. The zero-order chi connectivity index (χ0) is 21.1. The van der Waals surface area contributed by atoms with Gasteiger partial charge in [-0.1, -0.05) is 0 Å². The van der Waals surface area contributed by atoms with Crippen molar-refractivity contribution in [1.82, 2.24) is 24.4 Å². The maximum absolute atomic E-state index is 13.5. The second-order valence-corrected chi connectivity index (χ2v) is 7.32. The highest BCUT2D eigenvalue weighted by molar-refractivity contribution is 5.83. The molecule has 1 atom stereocenters. The lowest BCUT2D eigenvalue weighted by molar-refractivity contribution is -0.287. The molecule has 0 saturated heterocycles. The van der Waals surface area contributed by atoms with Crippen LogP contribution in [0.15, 0.2) is 48.9 Å². The molecule has 0 saturated carbocycles. The molecule has 4 aromatic rings. The molecule has 154 valence electrons. The lowest BCUT2D eigenvalue weighted by Crippen LogP contribution is -2.51. The van der Waals surface area contributed by atoms with Gasteiger partial charge in [0.25, 0.3) is 0 Å². The van der Waals surface area contributed by atoms with E-state index in [9.17, 15) is 17.6 Å². The summed E-state index contributed by atoms with van der Waals surface area (Å²) in [6.07, 6.45) is -0.109. The molecule has 6 nitrogen and oxygen atoms in total. The molecule has 0 unspecified atom stereocenters. The third-order valence-corrected chi connectivity index (χ3v) is 5.29. The smallest absolute Gasteiger partial charge is 0.358 e. The van der Waals surface area contributed by atoms with Crippen LogP contribution in [0.25, 0.3) is 28.0 Å². The van der Waals surface area contributed by atoms with E-state index in [4.69, 9.17) is 4.74 Å². The summed E-state index contributed by atoms with van der Waals surface area (Å²) in [6.45, 7) is 0.240. The summed E-state index contributed by atoms with van der Waals surface area (Å²) in [4.78, 5) is 4.08. The van der Waals surface area contributed by atoms with E-state index in [1.165, 1.54) is 16.8 Å². The van der Waals surface area contributed by atoms with E-state index in [-0.39, 0.29) is 6.61 Å². The molecular formula is C20H15F4N5O. The molecule has 5 heterocycles. The molecule has 0 bridgehead atoms. The predicted molar refractivity (Wildman–Crippen MR) is 98.9 cm³/mol. The second-order valence-electron chi connectivity index (χ2n) is 7.32. The summed E-state index contributed by atoms with van der Waals surface area (Å²) in [7, 11) is 0. The highest BCUT2D eigenvalue weighted by Gasteiger charge is 2.55. The standard InChI is InChI=1S/C20H15F4N5O/c1-19(20(22,23)24)11-29-16(10-30-19)17(12-5-7-28-14(8-12)4-6-26-28)18(27-29)15-3-2-13(21)9-25-15/h2-9H,10-11H2,1H3/t19-/m1/s1. The number of hydrogen-bond donors (Lipinski definition) is 0. The number of pyridine rings is 2. The van der Waals surface area contributed by atoms with E-state index >= 15 is 0 Å². The van der Waals surface area contributed by atoms with Crippen molar-refractivity contribution in [1.29, 1.82) is 0 Å². The number of halogens is 4. The largest absolute Gasteiger partial charge is 0.419 e. The van der Waals surface area contributed by atoms with E-state index in [2.05, 4.69) is 15.2 Å². The summed E-state index contributed by atoms with van der Waals surface area (Å²) < 4.78 is 62.2. The first-order chi connectivity index (χ1) is 14.2. The molecule has 1 aliphatic rings. The average Bonchev–Trinajstić information content (AvgIpc) is 3.31. The number of fused-ring (bicyclic) bond motifs is 2. The number of alkyl halides is 3. The molecule has 30 heavy (non-hydrogen) atoms. The Kier molecular flexibility index (Phi) is 3.97. The number of ether oxygens (including phenoxy) is 1. The number of rotatable bonds is 2. The van der Waals surface area contributed by atoms with Gasteiger partial charge < -0.3 is 4.74 Å². The van der Waals surface area contributed by atoms with Crippen molar-refractivity contribution < 1.29 is 22.3 Å². The zero-order valence-electron chi connectivity index (χ0n) is 15.7. The number of aromatic nitrogens is 5. The number of hydrogen-bond acceptors (Lipinski definition) is 4. The quantitative estimate of drug-likeness (QED) is 0.458. The normalized spacial score (nSPS) is 19.2. The van der Waals surface area contributed by atoms with Crippen LogP contribution in [-0.2, 0) is 17.9 Å². The van der Waals surface area contributed by atoms with Gasteiger partial charge in [0, 0.05) is 18.0 Å². The van der Waals surface area contributed by atoms with E-state index in [0.717, 1.165) is 24.2 Å². The zero-order valence-corrected chi connectivity index (χ0v) is 15.7. The van der Waals surface area contributed by atoms with Gasteiger partial charge in [0.1, 0.15) is 11.5 Å². The Morgan fingerprint density at radius 1 is 1.17 bits per heavy atom. The molecule has 1 aliphatic heterocycles. The van der Waals surface area contributed by atoms with Gasteiger partial charge in [-0.25, -0.2) is 8.91 Å². The lowest BCUT2D eigenvalue weighted by Gasteiger charge is -2.36. The Hall–Kier alpha value is -3.27. The fourth-order valence-electron chi connectivity index (χ4n) is 3.58.